The van der Waals surface area contributed by atoms with Gasteiger partial charge in [-0.25, -0.2) is 0 Å². The van der Waals surface area contributed by atoms with Gasteiger partial charge in [0, 0.05) is 19.3 Å². The molecule has 1 aliphatic rings. The molecule has 1 aromatic rings. The average Bonchev–Trinajstić information content (AvgIpc) is 2.30. The molecular weight excluding hydrogens is 174 g/mol. The first-order valence-corrected chi connectivity index (χ1v) is 5.00. The van der Waals surface area contributed by atoms with Crippen molar-refractivity contribution in [3.05, 3.63) is 24.0 Å². The number of nitrogens with zero attached hydrogens (tertiary/aromatic N) is 3. The maximum absolute atomic E-state index is 8.75. The van der Waals surface area contributed by atoms with E-state index in [0.29, 0.717) is 5.56 Å². The zero-order valence-corrected chi connectivity index (χ0v) is 8.11. The highest BCUT2D eigenvalue weighted by Crippen LogP contribution is 2.19. The molecule has 0 N–H and O–H groups in total. The fourth-order valence-corrected chi connectivity index (χ4v) is 1.81. The summed E-state index contributed by atoms with van der Waals surface area (Å²) in [5, 5.41) is 8.75. The topological polar surface area (TPSA) is 39.9 Å². The highest BCUT2D eigenvalue weighted by atomic mass is 15.1. The second-order valence-electron chi connectivity index (χ2n) is 3.59. The first kappa shape index (κ1) is 9.01. The second kappa shape index (κ2) is 4.10. The molecule has 2 heterocycles. The molecule has 1 fully saturated rings. The van der Waals surface area contributed by atoms with E-state index in [-0.39, 0.29) is 0 Å². The van der Waals surface area contributed by atoms with E-state index in [1.165, 1.54) is 19.3 Å². The van der Waals surface area contributed by atoms with Gasteiger partial charge in [-0.2, -0.15) is 5.26 Å². The Morgan fingerprint density at radius 2 is 2.00 bits per heavy atom. The number of pyridine rings is 1. The number of hydrogen-bond acceptors (Lipinski definition) is 3. The Bertz CT molecular complexity index is 348. The van der Waals surface area contributed by atoms with Crippen molar-refractivity contribution in [2.45, 2.75) is 19.3 Å². The number of piperidine rings is 1. The molecule has 0 atom stereocenters. The summed E-state index contributed by atoms with van der Waals surface area (Å²) < 4.78 is 0. The lowest BCUT2D eigenvalue weighted by atomic mass is 10.1. The predicted molar refractivity (Wildman–Crippen MR) is 55.0 cm³/mol. The lowest BCUT2D eigenvalue weighted by Gasteiger charge is -2.28. The molecule has 1 saturated heterocycles. The second-order valence-corrected chi connectivity index (χ2v) is 3.59. The summed E-state index contributed by atoms with van der Waals surface area (Å²) in [5.41, 5.74) is 1.73. The van der Waals surface area contributed by atoms with Crippen LogP contribution in [0.25, 0.3) is 0 Å². The van der Waals surface area contributed by atoms with Crippen molar-refractivity contribution in [1.29, 1.82) is 5.26 Å². The third-order valence-corrected chi connectivity index (χ3v) is 2.57. The summed E-state index contributed by atoms with van der Waals surface area (Å²) in [7, 11) is 0. The van der Waals surface area contributed by atoms with Crippen molar-refractivity contribution >= 4 is 5.69 Å². The SMILES string of the molecule is N#Cc1cncc(N2CCCCC2)c1. The number of hydrogen-bond donors (Lipinski definition) is 0. The summed E-state index contributed by atoms with van der Waals surface area (Å²) in [6.45, 7) is 2.19. The van der Waals surface area contributed by atoms with Crippen LogP contribution in [0.3, 0.4) is 0 Å². The minimum absolute atomic E-state index is 0.646. The van der Waals surface area contributed by atoms with Crippen LogP contribution in [0.2, 0.25) is 0 Å². The number of rotatable bonds is 1. The average molecular weight is 187 g/mol. The molecule has 0 aliphatic carbocycles. The Morgan fingerprint density at radius 3 is 2.71 bits per heavy atom. The van der Waals surface area contributed by atoms with Gasteiger partial charge < -0.3 is 4.90 Å². The summed E-state index contributed by atoms with van der Waals surface area (Å²) in [6, 6.07) is 4.03. The molecule has 0 bridgehead atoms. The third-order valence-electron chi connectivity index (χ3n) is 2.57. The Kier molecular flexibility index (Phi) is 2.64. The largest absolute Gasteiger partial charge is 0.370 e. The van der Waals surface area contributed by atoms with Gasteiger partial charge in [-0.3, -0.25) is 4.98 Å². The molecule has 1 aliphatic heterocycles. The van der Waals surface area contributed by atoms with Gasteiger partial charge in [0.15, 0.2) is 0 Å². The van der Waals surface area contributed by atoms with E-state index in [1.807, 2.05) is 12.3 Å². The molecule has 0 unspecified atom stereocenters. The fourth-order valence-electron chi connectivity index (χ4n) is 1.81. The van der Waals surface area contributed by atoms with Crippen LogP contribution >= 0.6 is 0 Å². The van der Waals surface area contributed by atoms with Crippen LogP contribution in [0.5, 0.6) is 0 Å². The summed E-state index contributed by atoms with van der Waals surface area (Å²) in [5.74, 6) is 0. The molecule has 0 aromatic carbocycles. The van der Waals surface area contributed by atoms with Gasteiger partial charge in [0.25, 0.3) is 0 Å². The van der Waals surface area contributed by atoms with Crippen LogP contribution < -0.4 is 4.90 Å². The first-order chi connectivity index (χ1) is 6.90. The van der Waals surface area contributed by atoms with Gasteiger partial charge in [0.2, 0.25) is 0 Å². The monoisotopic (exact) mass is 187 g/mol. The Hall–Kier alpha value is -1.56. The molecule has 72 valence electrons. The van der Waals surface area contributed by atoms with Crippen LogP contribution in [0.15, 0.2) is 18.5 Å². The Labute approximate surface area is 84.0 Å². The standard InChI is InChI=1S/C11H13N3/c12-7-10-6-11(9-13-8-10)14-4-2-1-3-5-14/h6,8-9H,1-5H2. The molecule has 0 radical (unpaired) electrons. The van der Waals surface area contributed by atoms with Gasteiger partial charge in [-0.15, -0.1) is 0 Å². The molecule has 0 saturated carbocycles. The first-order valence-electron chi connectivity index (χ1n) is 5.00. The highest BCUT2D eigenvalue weighted by molar-refractivity contribution is 5.49. The number of nitriles is 1. The number of anilines is 1. The van der Waals surface area contributed by atoms with Crippen LogP contribution in [-0.4, -0.2) is 18.1 Å². The van der Waals surface area contributed by atoms with E-state index >= 15 is 0 Å². The van der Waals surface area contributed by atoms with Crippen molar-refractivity contribution in [2.24, 2.45) is 0 Å². The van der Waals surface area contributed by atoms with Crippen LogP contribution in [0.1, 0.15) is 24.8 Å². The van der Waals surface area contributed by atoms with Crippen molar-refractivity contribution in [2.75, 3.05) is 18.0 Å². The molecular formula is C11H13N3. The van der Waals surface area contributed by atoms with E-state index in [9.17, 15) is 0 Å². The van der Waals surface area contributed by atoms with Gasteiger partial charge in [0.05, 0.1) is 17.4 Å². The van der Waals surface area contributed by atoms with Crippen molar-refractivity contribution < 1.29 is 0 Å². The van der Waals surface area contributed by atoms with E-state index in [0.717, 1.165) is 18.8 Å². The smallest absolute Gasteiger partial charge is 0.101 e. The molecule has 0 amide bonds. The minimum atomic E-state index is 0.646. The zero-order valence-electron chi connectivity index (χ0n) is 8.11. The van der Waals surface area contributed by atoms with Gasteiger partial charge in [-0.05, 0) is 25.3 Å². The van der Waals surface area contributed by atoms with E-state index < -0.39 is 0 Å². The molecule has 14 heavy (non-hydrogen) atoms. The molecule has 0 spiro atoms. The Balaban J connectivity index is 2.18. The third kappa shape index (κ3) is 1.85. The summed E-state index contributed by atoms with van der Waals surface area (Å²) >= 11 is 0. The van der Waals surface area contributed by atoms with Gasteiger partial charge in [0.1, 0.15) is 6.07 Å². The van der Waals surface area contributed by atoms with E-state index in [4.69, 9.17) is 5.26 Å². The van der Waals surface area contributed by atoms with Crippen LogP contribution in [0, 0.1) is 11.3 Å². The quantitative estimate of drug-likeness (QED) is 0.674. The molecule has 3 nitrogen and oxygen atoms in total. The van der Waals surface area contributed by atoms with Gasteiger partial charge in [-0.1, -0.05) is 0 Å². The van der Waals surface area contributed by atoms with Crippen molar-refractivity contribution in [3.63, 3.8) is 0 Å². The normalized spacial score (nSPS) is 16.4. The summed E-state index contributed by atoms with van der Waals surface area (Å²) in [4.78, 5) is 6.37. The predicted octanol–water partition coefficient (Wildman–Crippen LogP) is 1.94. The van der Waals surface area contributed by atoms with Gasteiger partial charge >= 0.3 is 0 Å². The number of aromatic nitrogens is 1. The molecule has 3 heteroatoms. The minimum Gasteiger partial charge on any atom is -0.370 e. The van der Waals surface area contributed by atoms with E-state index in [2.05, 4.69) is 16.0 Å². The van der Waals surface area contributed by atoms with Crippen LogP contribution in [0.4, 0.5) is 5.69 Å². The highest BCUT2D eigenvalue weighted by Gasteiger charge is 2.11. The summed E-state index contributed by atoms with van der Waals surface area (Å²) in [6.07, 6.45) is 7.26. The van der Waals surface area contributed by atoms with E-state index in [1.54, 1.807) is 6.20 Å². The molecule has 1 aromatic heterocycles. The fraction of sp³-hybridized carbons (Fsp3) is 0.455. The molecule has 2 rings (SSSR count). The van der Waals surface area contributed by atoms with Crippen molar-refractivity contribution in [3.8, 4) is 6.07 Å². The maximum atomic E-state index is 8.75. The Morgan fingerprint density at radius 1 is 1.21 bits per heavy atom. The lowest BCUT2D eigenvalue weighted by Crippen LogP contribution is -2.29. The lowest BCUT2D eigenvalue weighted by molar-refractivity contribution is 0.577. The zero-order chi connectivity index (χ0) is 9.80. The maximum Gasteiger partial charge on any atom is 0.101 e. The van der Waals surface area contributed by atoms with Crippen molar-refractivity contribution in [1.82, 2.24) is 4.98 Å². The van der Waals surface area contributed by atoms with Crippen LogP contribution in [-0.2, 0) is 0 Å².